The second kappa shape index (κ2) is 6.64. The summed E-state index contributed by atoms with van der Waals surface area (Å²) >= 11 is 5.79. The summed E-state index contributed by atoms with van der Waals surface area (Å²) in [6.45, 7) is 3.29. The minimum atomic E-state index is -0.504. The van der Waals surface area contributed by atoms with E-state index in [1.807, 2.05) is 0 Å². The molecular formula is C15H17ClFN5O. The van der Waals surface area contributed by atoms with E-state index in [0.717, 1.165) is 19.4 Å². The van der Waals surface area contributed by atoms with Gasteiger partial charge in [0.1, 0.15) is 5.82 Å². The van der Waals surface area contributed by atoms with Gasteiger partial charge in [-0.2, -0.15) is 0 Å². The Bertz CT molecular complexity index is 727. The Hall–Kier alpha value is -1.99. The van der Waals surface area contributed by atoms with Gasteiger partial charge >= 0.3 is 0 Å². The number of carbonyl (C=O) groups is 1. The van der Waals surface area contributed by atoms with Crippen molar-refractivity contribution < 1.29 is 9.18 Å². The molecule has 3 rings (SSSR count). The zero-order chi connectivity index (χ0) is 16.4. The molecule has 1 atom stereocenters. The number of nitrogens with zero attached hydrogens (tertiary/aromatic N) is 3. The lowest BCUT2D eigenvalue weighted by molar-refractivity contribution is 0.0944. The molecule has 0 spiro atoms. The van der Waals surface area contributed by atoms with E-state index < -0.39 is 5.82 Å². The molecular weight excluding hydrogens is 321 g/mol. The topological polar surface area (TPSA) is 71.8 Å². The Kier molecular flexibility index (Phi) is 4.58. The number of benzene rings is 1. The van der Waals surface area contributed by atoms with Gasteiger partial charge in [0.15, 0.2) is 5.69 Å². The monoisotopic (exact) mass is 337 g/mol. The predicted molar refractivity (Wildman–Crippen MR) is 84.4 cm³/mol. The highest BCUT2D eigenvalue weighted by Gasteiger charge is 2.20. The van der Waals surface area contributed by atoms with Crippen molar-refractivity contribution in [3.8, 4) is 5.69 Å². The van der Waals surface area contributed by atoms with Crippen molar-refractivity contribution in [1.29, 1.82) is 0 Å². The Labute approximate surface area is 138 Å². The Morgan fingerprint density at radius 1 is 1.57 bits per heavy atom. The third-order valence-electron chi connectivity index (χ3n) is 3.93. The quantitative estimate of drug-likeness (QED) is 0.893. The first-order valence-electron chi connectivity index (χ1n) is 7.45. The van der Waals surface area contributed by atoms with Crippen LogP contribution in [0.15, 0.2) is 18.2 Å². The summed E-state index contributed by atoms with van der Waals surface area (Å²) in [6, 6.07) is 4.55. The minimum absolute atomic E-state index is 0.00397. The van der Waals surface area contributed by atoms with Gasteiger partial charge in [-0.1, -0.05) is 16.8 Å². The van der Waals surface area contributed by atoms with E-state index in [9.17, 15) is 9.18 Å². The molecule has 1 aromatic carbocycles. The van der Waals surface area contributed by atoms with Crippen LogP contribution in [-0.2, 0) is 0 Å². The number of halogens is 2. The van der Waals surface area contributed by atoms with Crippen LogP contribution >= 0.6 is 11.6 Å². The van der Waals surface area contributed by atoms with Crippen molar-refractivity contribution in [2.24, 2.45) is 0 Å². The molecule has 0 bridgehead atoms. The minimum Gasteiger partial charge on any atom is -0.349 e. The van der Waals surface area contributed by atoms with Gasteiger partial charge in [0.2, 0.25) is 0 Å². The summed E-state index contributed by atoms with van der Waals surface area (Å²) in [5.74, 6) is -0.772. The molecule has 1 amide bonds. The number of rotatable bonds is 4. The van der Waals surface area contributed by atoms with Gasteiger partial charge in [-0.05, 0) is 44.5 Å². The molecule has 122 valence electrons. The first-order valence-corrected chi connectivity index (χ1v) is 7.83. The summed E-state index contributed by atoms with van der Waals surface area (Å²) < 4.78 is 14.7. The third kappa shape index (κ3) is 3.35. The Morgan fingerprint density at radius 3 is 3.09 bits per heavy atom. The average Bonchev–Trinajstić information content (AvgIpc) is 3.17. The lowest BCUT2D eigenvalue weighted by Crippen LogP contribution is -2.37. The van der Waals surface area contributed by atoms with Gasteiger partial charge in [-0.25, -0.2) is 9.07 Å². The molecule has 1 unspecified atom stereocenters. The molecule has 6 nitrogen and oxygen atoms in total. The van der Waals surface area contributed by atoms with Gasteiger partial charge in [0.25, 0.3) is 5.91 Å². The second-order valence-electron chi connectivity index (χ2n) is 5.54. The summed E-state index contributed by atoms with van der Waals surface area (Å²) in [6.07, 6.45) is 2.18. The van der Waals surface area contributed by atoms with Crippen LogP contribution in [0.2, 0.25) is 5.02 Å². The molecule has 2 aromatic rings. The van der Waals surface area contributed by atoms with Crippen molar-refractivity contribution >= 4 is 17.5 Å². The molecule has 0 radical (unpaired) electrons. The molecule has 0 saturated carbocycles. The van der Waals surface area contributed by atoms with E-state index in [0.29, 0.717) is 24.0 Å². The van der Waals surface area contributed by atoms with Crippen molar-refractivity contribution in [3.05, 3.63) is 40.4 Å². The van der Waals surface area contributed by atoms with E-state index in [4.69, 9.17) is 11.6 Å². The van der Waals surface area contributed by atoms with Crippen molar-refractivity contribution in [1.82, 2.24) is 25.6 Å². The molecule has 1 aromatic heterocycles. The molecule has 1 aliphatic heterocycles. The lowest BCUT2D eigenvalue weighted by Gasteiger charge is -2.10. The Balaban J connectivity index is 1.75. The standard InChI is InChI=1S/C15H17ClFN5O/c1-9-14(15(23)19-8-10-3-2-6-18-10)20-21-22(9)11-4-5-13(17)12(16)7-11/h4-5,7,10,18H,2-3,6,8H2,1H3,(H,19,23). The first-order chi connectivity index (χ1) is 11.1. The number of nitrogens with one attached hydrogen (secondary N) is 2. The number of amides is 1. The highest BCUT2D eigenvalue weighted by molar-refractivity contribution is 6.30. The number of hydrogen-bond donors (Lipinski definition) is 2. The fourth-order valence-electron chi connectivity index (χ4n) is 2.63. The zero-order valence-corrected chi connectivity index (χ0v) is 13.4. The summed E-state index contributed by atoms with van der Waals surface area (Å²) in [5, 5.41) is 14.1. The van der Waals surface area contributed by atoms with Gasteiger partial charge < -0.3 is 10.6 Å². The van der Waals surface area contributed by atoms with Crippen LogP contribution in [0.1, 0.15) is 29.0 Å². The van der Waals surface area contributed by atoms with E-state index in [1.165, 1.54) is 22.9 Å². The van der Waals surface area contributed by atoms with E-state index in [2.05, 4.69) is 20.9 Å². The molecule has 1 saturated heterocycles. The number of aromatic nitrogens is 3. The zero-order valence-electron chi connectivity index (χ0n) is 12.6. The molecule has 1 aliphatic rings. The summed E-state index contributed by atoms with van der Waals surface area (Å²) in [5.41, 5.74) is 1.38. The number of hydrogen-bond acceptors (Lipinski definition) is 4. The fraction of sp³-hybridized carbons (Fsp3) is 0.400. The first kappa shape index (κ1) is 15.9. The van der Waals surface area contributed by atoms with Gasteiger partial charge in [-0.15, -0.1) is 5.10 Å². The maximum Gasteiger partial charge on any atom is 0.273 e. The number of carbonyl (C=O) groups excluding carboxylic acids is 1. The highest BCUT2D eigenvalue weighted by atomic mass is 35.5. The predicted octanol–water partition coefficient (Wildman–Crippen LogP) is 1.85. The maximum absolute atomic E-state index is 13.2. The van der Waals surface area contributed by atoms with Crippen LogP contribution in [0.5, 0.6) is 0 Å². The Morgan fingerprint density at radius 2 is 2.39 bits per heavy atom. The van der Waals surface area contributed by atoms with Crippen LogP contribution < -0.4 is 10.6 Å². The smallest absolute Gasteiger partial charge is 0.273 e. The van der Waals surface area contributed by atoms with Crippen LogP contribution in [-0.4, -0.2) is 40.0 Å². The van der Waals surface area contributed by atoms with Crippen LogP contribution in [0.4, 0.5) is 4.39 Å². The molecule has 23 heavy (non-hydrogen) atoms. The van der Waals surface area contributed by atoms with Crippen molar-refractivity contribution in [3.63, 3.8) is 0 Å². The van der Waals surface area contributed by atoms with Crippen LogP contribution in [0, 0.1) is 12.7 Å². The van der Waals surface area contributed by atoms with Crippen molar-refractivity contribution in [2.75, 3.05) is 13.1 Å². The third-order valence-corrected chi connectivity index (χ3v) is 4.22. The highest BCUT2D eigenvalue weighted by Crippen LogP contribution is 2.20. The van der Waals surface area contributed by atoms with Gasteiger partial charge in [0, 0.05) is 12.6 Å². The molecule has 2 N–H and O–H groups in total. The molecule has 8 heteroatoms. The SMILES string of the molecule is Cc1c(C(=O)NCC2CCCN2)nnn1-c1ccc(F)c(Cl)c1. The molecule has 1 fully saturated rings. The van der Waals surface area contributed by atoms with E-state index in [-0.39, 0.29) is 16.6 Å². The van der Waals surface area contributed by atoms with Crippen LogP contribution in [0.3, 0.4) is 0 Å². The van der Waals surface area contributed by atoms with Gasteiger partial charge in [-0.3, -0.25) is 4.79 Å². The largest absolute Gasteiger partial charge is 0.349 e. The van der Waals surface area contributed by atoms with Gasteiger partial charge in [0.05, 0.1) is 16.4 Å². The van der Waals surface area contributed by atoms with E-state index >= 15 is 0 Å². The van der Waals surface area contributed by atoms with Crippen LogP contribution in [0.25, 0.3) is 5.69 Å². The second-order valence-corrected chi connectivity index (χ2v) is 5.94. The molecule has 0 aliphatic carbocycles. The average molecular weight is 338 g/mol. The molecule has 2 heterocycles. The van der Waals surface area contributed by atoms with E-state index in [1.54, 1.807) is 6.92 Å². The van der Waals surface area contributed by atoms with Crippen molar-refractivity contribution in [2.45, 2.75) is 25.8 Å². The lowest BCUT2D eigenvalue weighted by atomic mass is 10.2. The summed E-state index contributed by atoms with van der Waals surface area (Å²) in [7, 11) is 0. The maximum atomic E-state index is 13.2. The normalized spacial score (nSPS) is 17.4. The fourth-order valence-corrected chi connectivity index (χ4v) is 2.81. The summed E-state index contributed by atoms with van der Waals surface area (Å²) in [4.78, 5) is 12.2.